The van der Waals surface area contributed by atoms with Crippen LogP contribution in [0.2, 0.25) is 0 Å². The minimum absolute atomic E-state index is 0.0248. The summed E-state index contributed by atoms with van der Waals surface area (Å²) in [6.07, 6.45) is -4.79. The highest BCUT2D eigenvalue weighted by atomic mass is 19.4. The molecule has 0 saturated carbocycles. The number of benzene rings is 1. The minimum Gasteiger partial charge on any atom is -0.422 e. The first-order chi connectivity index (χ1) is 7.93. The van der Waals surface area contributed by atoms with Crippen molar-refractivity contribution in [1.82, 2.24) is 0 Å². The molecule has 0 amide bonds. The maximum absolute atomic E-state index is 12.5. The van der Waals surface area contributed by atoms with Gasteiger partial charge in [0.15, 0.2) is 0 Å². The first kappa shape index (κ1) is 11.2. The second kappa shape index (κ2) is 3.63. The zero-order chi connectivity index (χ0) is 12.6. The molecule has 3 nitrogen and oxygen atoms in total. The number of halogens is 3. The molecule has 1 aromatic carbocycles. The van der Waals surface area contributed by atoms with E-state index in [1.54, 1.807) is 6.07 Å². The van der Waals surface area contributed by atoms with Gasteiger partial charge in [-0.15, -0.1) is 0 Å². The van der Waals surface area contributed by atoms with E-state index in [0.717, 1.165) is 0 Å². The van der Waals surface area contributed by atoms with Crippen LogP contribution in [0, 0.1) is 11.3 Å². The molecule has 0 aliphatic heterocycles. The smallest absolute Gasteiger partial charge is 0.422 e. The molecule has 2 rings (SSSR count). The first-order valence-corrected chi connectivity index (χ1v) is 4.47. The fourth-order valence-electron chi connectivity index (χ4n) is 1.44. The molecule has 6 heteroatoms. The molecule has 86 valence electrons. The van der Waals surface area contributed by atoms with E-state index in [1.807, 2.05) is 0 Å². The average Bonchev–Trinajstić information content (AvgIpc) is 2.25. The van der Waals surface area contributed by atoms with Gasteiger partial charge in [0.2, 0.25) is 0 Å². The maximum Gasteiger partial charge on any atom is 0.423 e. The lowest BCUT2D eigenvalue weighted by atomic mass is 10.1. The lowest BCUT2D eigenvalue weighted by Crippen LogP contribution is -2.18. The predicted octanol–water partition coefficient (Wildman–Crippen LogP) is 2.68. The van der Waals surface area contributed by atoms with Crippen molar-refractivity contribution >= 4 is 11.0 Å². The minimum atomic E-state index is -4.79. The van der Waals surface area contributed by atoms with Gasteiger partial charge >= 0.3 is 11.8 Å². The van der Waals surface area contributed by atoms with Crippen LogP contribution >= 0.6 is 0 Å². The van der Waals surface area contributed by atoms with Gasteiger partial charge in [-0.1, -0.05) is 6.07 Å². The van der Waals surface area contributed by atoms with Crippen LogP contribution in [0.5, 0.6) is 0 Å². The van der Waals surface area contributed by atoms with E-state index in [-0.39, 0.29) is 16.5 Å². The summed E-state index contributed by atoms with van der Waals surface area (Å²) in [6, 6.07) is 6.49. The number of nitriles is 1. The Balaban J connectivity index is 2.89. The van der Waals surface area contributed by atoms with Crippen LogP contribution in [0.3, 0.4) is 0 Å². The Morgan fingerprint density at radius 2 is 2.00 bits per heavy atom. The van der Waals surface area contributed by atoms with Crippen LogP contribution in [0.15, 0.2) is 33.5 Å². The van der Waals surface area contributed by atoms with Crippen molar-refractivity contribution < 1.29 is 17.6 Å². The number of rotatable bonds is 0. The number of hydrogen-bond acceptors (Lipinski definition) is 3. The van der Waals surface area contributed by atoms with Crippen molar-refractivity contribution in [2.75, 3.05) is 0 Å². The zero-order valence-electron chi connectivity index (χ0n) is 8.21. The summed E-state index contributed by atoms with van der Waals surface area (Å²) >= 11 is 0. The van der Waals surface area contributed by atoms with Crippen LogP contribution in [0.4, 0.5) is 13.2 Å². The maximum atomic E-state index is 12.5. The molecule has 1 aromatic heterocycles. The standard InChI is InChI=1S/C11H4F3NO2/c12-11(13,14)8-4-7-6(5-15)2-1-3-9(7)17-10(8)16/h1-4H. The Hall–Kier alpha value is -2.29. The molecule has 0 fully saturated rings. The van der Waals surface area contributed by atoms with E-state index in [1.165, 1.54) is 18.2 Å². The summed E-state index contributed by atoms with van der Waals surface area (Å²) < 4.78 is 41.9. The average molecular weight is 239 g/mol. The molecule has 0 radical (unpaired) electrons. The van der Waals surface area contributed by atoms with E-state index in [0.29, 0.717) is 6.07 Å². The number of nitrogens with zero attached hydrogens (tertiary/aromatic N) is 1. The Labute approximate surface area is 92.7 Å². The quantitative estimate of drug-likeness (QED) is 0.664. The molecule has 0 bridgehead atoms. The van der Waals surface area contributed by atoms with Gasteiger partial charge in [0.25, 0.3) is 0 Å². The van der Waals surface area contributed by atoms with Crippen LogP contribution in [-0.2, 0) is 6.18 Å². The molecular weight excluding hydrogens is 235 g/mol. The lowest BCUT2D eigenvalue weighted by molar-refractivity contribution is -0.139. The number of alkyl halides is 3. The normalized spacial score (nSPS) is 11.4. The van der Waals surface area contributed by atoms with Gasteiger partial charge in [-0.3, -0.25) is 0 Å². The van der Waals surface area contributed by atoms with Crippen molar-refractivity contribution in [2.45, 2.75) is 6.18 Å². The van der Waals surface area contributed by atoms with Crippen molar-refractivity contribution in [3.05, 3.63) is 45.8 Å². The molecule has 2 aromatic rings. The Kier molecular flexibility index (Phi) is 2.39. The Morgan fingerprint density at radius 1 is 1.29 bits per heavy atom. The lowest BCUT2D eigenvalue weighted by Gasteiger charge is -2.06. The van der Waals surface area contributed by atoms with E-state index < -0.39 is 17.4 Å². The second-order valence-electron chi connectivity index (χ2n) is 3.27. The molecule has 0 aliphatic carbocycles. The summed E-state index contributed by atoms with van der Waals surface area (Å²) in [4.78, 5) is 11.1. The molecule has 0 aliphatic rings. The van der Waals surface area contributed by atoms with Gasteiger partial charge in [-0.25, -0.2) is 4.79 Å². The Bertz CT molecular complexity index is 680. The van der Waals surface area contributed by atoms with Gasteiger partial charge in [0, 0.05) is 5.39 Å². The van der Waals surface area contributed by atoms with E-state index in [2.05, 4.69) is 4.42 Å². The molecule has 0 N–H and O–H groups in total. The molecule has 0 saturated heterocycles. The highest BCUT2D eigenvalue weighted by molar-refractivity contribution is 5.83. The summed E-state index contributed by atoms with van der Waals surface area (Å²) in [7, 11) is 0. The van der Waals surface area contributed by atoms with E-state index in [9.17, 15) is 18.0 Å². The third-order valence-corrected chi connectivity index (χ3v) is 2.20. The van der Waals surface area contributed by atoms with Gasteiger partial charge in [0.05, 0.1) is 11.6 Å². The summed E-state index contributed by atoms with van der Waals surface area (Å²) in [5.41, 5.74) is -2.88. The van der Waals surface area contributed by atoms with Crippen LogP contribution in [0.1, 0.15) is 11.1 Å². The van der Waals surface area contributed by atoms with Crippen molar-refractivity contribution in [3.63, 3.8) is 0 Å². The van der Waals surface area contributed by atoms with Gasteiger partial charge in [-0.2, -0.15) is 18.4 Å². The van der Waals surface area contributed by atoms with Crippen LogP contribution in [0.25, 0.3) is 11.0 Å². The summed E-state index contributed by atoms with van der Waals surface area (Å²) in [5, 5.41) is 8.72. The predicted molar refractivity (Wildman–Crippen MR) is 52.2 cm³/mol. The zero-order valence-corrected chi connectivity index (χ0v) is 8.21. The topological polar surface area (TPSA) is 54.0 Å². The van der Waals surface area contributed by atoms with E-state index in [4.69, 9.17) is 5.26 Å². The van der Waals surface area contributed by atoms with Crippen molar-refractivity contribution in [1.29, 1.82) is 5.26 Å². The highest BCUT2D eigenvalue weighted by Crippen LogP contribution is 2.29. The van der Waals surface area contributed by atoms with Crippen molar-refractivity contribution in [3.8, 4) is 6.07 Å². The third-order valence-electron chi connectivity index (χ3n) is 2.20. The molecule has 0 unspecified atom stereocenters. The third kappa shape index (κ3) is 1.87. The largest absolute Gasteiger partial charge is 0.423 e. The SMILES string of the molecule is N#Cc1cccc2oc(=O)c(C(F)(F)F)cc12. The first-order valence-electron chi connectivity index (χ1n) is 4.47. The number of hydrogen-bond donors (Lipinski definition) is 0. The van der Waals surface area contributed by atoms with Gasteiger partial charge in [-0.05, 0) is 18.2 Å². The number of fused-ring (bicyclic) bond motifs is 1. The fourth-order valence-corrected chi connectivity index (χ4v) is 1.44. The molecule has 17 heavy (non-hydrogen) atoms. The van der Waals surface area contributed by atoms with E-state index >= 15 is 0 Å². The van der Waals surface area contributed by atoms with Gasteiger partial charge < -0.3 is 4.42 Å². The fraction of sp³-hybridized carbons (Fsp3) is 0.0909. The second-order valence-corrected chi connectivity index (χ2v) is 3.27. The van der Waals surface area contributed by atoms with Crippen LogP contribution < -0.4 is 5.63 Å². The molecule has 0 spiro atoms. The van der Waals surface area contributed by atoms with Crippen LogP contribution in [-0.4, -0.2) is 0 Å². The summed E-state index contributed by atoms with van der Waals surface area (Å²) in [6.45, 7) is 0. The summed E-state index contributed by atoms with van der Waals surface area (Å²) in [5.74, 6) is 0. The monoisotopic (exact) mass is 239 g/mol. The Morgan fingerprint density at radius 3 is 2.59 bits per heavy atom. The van der Waals surface area contributed by atoms with Crippen molar-refractivity contribution in [2.24, 2.45) is 0 Å². The molecule has 1 heterocycles. The molecule has 0 atom stereocenters. The van der Waals surface area contributed by atoms with Gasteiger partial charge in [0.1, 0.15) is 11.1 Å². The highest BCUT2D eigenvalue weighted by Gasteiger charge is 2.35. The molecular formula is C11H4F3NO2.